The number of hydrogen-bond donors (Lipinski definition) is 1. The standard InChI is InChI=1S/C20H27N3O4/c1-19(2)14-11-13(7-8-15(14)22(4)18(19)26)16(24)23-10-6-9-20(23,12-27-5)17(25)21-3/h7-8,11H,6,9-10,12H2,1-5H3,(H,21,25). The zero-order chi connectivity index (χ0) is 20.0. The number of nitrogens with one attached hydrogen (secondary N) is 1. The molecule has 0 saturated carbocycles. The van der Waals surface area contributed by atoms with Crippen LogP contribution in [-0.2, 0) is 19.7 Å². The van der Waals surface area contributed by atoms with Gasteiger partial charge in [-0.05, 0) is 50.5 Å². The molecule has 2 heterocycles. The molecule has 0 aliphatic carbocycles. The molecule has 0 aromatic heterocycles. The van der Waals surface area contributed by atoms with E-state index in [4.69, 9.17) is 4.74 Å². The van der Waals surface area contributed by atoms with Gasteiger partial charge < -0.3 is 19.9 Å². The number of likely N-dealkylation sites (tertiary alicyclic amines) is 1. The third-order valence-electron chi connectivity index (χ3n) is 5.88. The zero-order valence-electron chi connectivity index (χ0n) is 16.6. The molecule has 1 saturated heterocycles. The predicted molar refractivity (Wildman–Crippen MR) is 102 cm³/mol. The summed E-state index contributed by atoms with van der Waals surface area (Å²) in [5, 5.41) is 2.67. The Morgan fingerprint density at radius 1 is 1.30 bits per heavy atom. The van der Waals surface area contributed by atoms with Crippen LogP contribution in [0.4, 0.5) is 5.69 Å². The molecule has 1 aromatic carbocycles. The van der Waals surface area contributed by atoms with Crippen molar-refractivity contribution in [3.63, 3.8) is 0 Å². The average Bonchev–Trinajstić information content (AvgIpc) is 3.16. The summed E-state index contributed by atoms with van der Waals surface area (Å²) in [6, 6.07) is 5.33. The third-order valence-corrected chi connectivity index (χ3v) is 5.88. The van der Waals surface area contributed by atoms with Crippen molar-refractivity contribution in [1.82, 2.24) is 10.2 Å². The lowest BCUT2D eigenvalue weighted by Gasteiger charge is -2.36. The van der Waals surface area contributed by atoms with E-state index in [0.717, 1.165) is 17.7 Å². The average molecular weight is 373 g/mol. The maximum atomic E-state index is 13.3. The SMILES string of the molecule is CNC(=O)C1(COC)CCCN1C(=O)c1ccc2c(c1)C(C)(C)C(=O)N2C. The van der Waals surface area contributed by atoms with Crippen molar-refractivity contribution in [2.75, 3.05) is 39.3 Å². The van der Waals surface area contributed by atoms with Crippen molar-refractivity contribution >= 4 is 23.4 Å². The number of amides is 3. The minimum atomic E-state index is -0.998. The molecule has 3 amide bonds. The molecule has 1 N–H and O–H groups in total. The van der Waals surface area contributed by atoms with Crippen LogP contribution in [0.1, 0.15) is 42.6 Å². The molecule has 3 rings (SSSR count). The van der Waals surface area contributed by atoms with Gasteiger partial charge in [0.15, 0.2) is 0 Å². The van der Waals surface area contributed by atoms with E-state index >= 15 is 0 Å². The van der Waals surface area contributed by atoms with Gasteiger partial charge in [-0.15, -0.1) is 0 Å². The molecule has 1 fully saturated rings. The second kappa shape index (κ2) is 6.64. The fraction of sp³-hybridized carbons (Fsp3) is 0.550. The topological polar surface area (TPSA) is 79.0 Å². The van der Waals surface area contributed by atoms with Gasteiger partial charge in [-0.2, -0.15) is 0 Å². The predicted octanol–water partition coefficient (Wildman–Crippen LogP) is 1.31. The number of fused-ring (bicyclic) bond motifs is 1. The summed E-state index contributed by atoms with van der Waals surface area (Å²) >= 11 is 0. The van der Waals surface area contributed by atoms with Crippen molar-refractivity contribution in [2.24, 2.45) is 0 Å². The second-order valence-corrected chi connectivity index (χ2v) is 7.83. The highest BCUT2D eigenvalue weighted by atomic mass is 16.5. The molecule has 27 heavy (non-hydrogen) atoms. The number of anilines is 1. The lowest BCUT2D eigenvalue weighted by Crippen LogP contribution is -2.59. The van der Waals surface area contributed by atoms with Gasteiger partial charge in [0.05, 0.1) is 12.0 Å². The van der Waals surface area contributed by atoms with E-state index in [1.165, 1.54) is 7.11 Å². The van der Waals surface area contributed by atoms with E-state index in [-0.39, 0.29) is 24.3 Å². The number of carbonyl (C=O) groups excluding carboxylic acids is 3. The highest BCUT2D eigenvalue weighted by Gasteiger charge is 2.50. The fourth-order valence-corrected chi connectivity index (χ4v) is 4.36. The Morgan fingerprint density at radius 3 is 2.63 bits per heavy atom. The Bertz CT molecular complexity index is 804. The molecule has 7 heteroatoms. The summed E-state index contributed by atoms with van der Waals surface area (Å²) in [5.41, 5.74) is 0.448. The number of hydrogen-bond acceptors (Lipinski definition) is 4. The molecule has 2 aliphatic heterocycles. The number of benzene rings is 1. The summed E-state index contributed by atoms with van der Waals surface area (Å²) in [6.45, 7) is 4.37. The van der Waals surface area contributed by atoms with Gasteiger partial charge >= 0.3 is 0 Å². The van der Waals surface area contributed by atoms with Crippen LogP contribution in [0.2, 0.25) is 0 Å². The monoisotopic (exact) mass is 373 g/mol. The van der Waals surface area contributed by atoms with Gasteiger partial charge in [0.2, 0.25) is 11.8 Å². The molecule has 0 radical (unpaired) electrons. The first-order chi connectivity index (χ1) is 12.7. The maximum Gasteiger partial charge on any atom is 0.254 e. The van der Waals surface area contributed by atoms with Crippen LogP contribution in [0.25, 0.3) is 0 Å². The summed E-state index contributed by atoms with van der Waals surface area (Å²) in [6.07, 6.45) is 1.30. The summed E-state index contributed by atoms with van der Waals surface area (Å²) in [5.74, 6) is -0.428. The van der Waals surface area contributed by atoms with Gasteiger partial charge in [-0.1, -0.05) is 0 Å². The minimum absolute atomic E-state index is 0.00219. The van der Waals surface area contributed by atoms with E-state index in [1.807, 2.05) is 19.9 Å². The number of likely N-dealkylation sites (N-methyl/N-ethyl adjacent to an activating group) is 2. The molecule has 1 atom stereocenters. The van der Waals surface area contributed by atoms with Gasteiger partial charge in [0, 0.05) is 39.0 Å². The number of methoxy groups -OCH3 is 1. The fourth-order valence-electron chi connectivity index (χ4n) is 4.36. The Morgan fingerprint density at radius 2 is 2.00 bits per heavy atom. The van der Waals surface area contributed by atoms with Crippen LogP contribution in [0, 0.1) is 0 Å². The highest BCUT2D eigenvalue weighted by Crippen LogP contribution is 2.41. The van der Waals surface area contributed by atoms with E-state index < -0.39 is 11.0 Å². The molecule has 0 spiro atoms. The van der Waals surface area contributed by atoms with E-state index in [0.29, 0.717) is 18.5 Å². The van der Waals surface area contributed by atoms with Crippen molar-refractivity contribution < 1.29 is 19.1 Å². The van der Waals surface area contributed by atoms with Gasteiger partial charge in [-0.25, -0.2) is 0 Å². The first-order valence-electron chi connectivity index (χ1n) is 9.16. The first-order valence-corrected chi connectivity index (χ1v) is 9.16. The smallest absolute Gasteiger partial charge is 0.254 e. The Kier molecular flexibility index (Phi) is 4.76. The summed E-state index contributed by atoms with van der Waals surface area (Å²) in [4.78, 5) is 41.7. The van der Waals surface area contributed by atoms with Crippen molar-refractivity contribution in [3.05, 3.63) is 29.3 Å². The largest absolute Gasteiger partial charge is 0.382 e. The van der Waals surface area contributed by atoms with Crippen molar-refractivity contribution in [1.29, 1.82) is 0 Å². The van der Waals surface area contributed by atoms with Gasteiger partial charge in [-0.3, -0.25) is 14.4 Å². The molecule has 7 nitrogen and oxygen atoms in total. The normalized spacial score (nSPS) is 23.5. The molecule has 0 bridgehead atoms. The van der Waals surface area contributed by atoms with E-state index in [2.05, 4.69) is 5.32 Å². The molecule has 2 aliphatic rings. The summed E-state index contributed by atoms with van der Waals surface area (Å²) in [7, 11) is 4.85. The van der Waals surface area contributed by atoms with Gasteiger partial charge in [0.1, 0.15) is 5.54 Å². The number of rotatable bonds is 4. The van der Waals surface area contributed by atoms with Crippen LogP contribution in [-0.4, -0.2) is 62.5 Å². The maximum absolute atomic E-state index is 13.3. The number of nitrogens with zero attached hydrogens (tertiary/aromatic N) is 2. The lowest BCUT2D eigenvalue weighted by atomic mass is 9.85. The number of ether oxygens (including phenoxy) is 1. The Hall–Kier alpha value is -2.41. The number of carbonyl (C=O) groups is 3. The molecular formula is C20H27N3O4. The highest BCUT2D eigenvalue weighted by molar-refractivity contribution is 6.08. The zero-order valence-corrected chi connectivity index (χ0v) is 16.6. The summed E-state index contributed by atoms with van der Waals surface area (Å²) < 4.78 is 5.30. The van der Waals surface area contributed by atoms with Crippen LogP contribution < -0.4 is 10.2 Å². The van der Waals surface area contributed by atoms with Crippen LogP contribution in [0.3, 0.4) is 0 Å². The Labute approximate surface area is 159 Å². The second-order valence-electron chi connectivity index (χ2n) is 7.83. The van der Waals surface area contributed by atoms with Crippen LogP contribution in [0.15, 0.2) is 18.2 Å². The lowest BCUT2D eigenvalue weighted by molar-refractivity contribution is -0.133. The van der Waals surface area contributed by atoms with E-state index in [1.54, 1.807) is 36.0 Å². The quantitative estimate of drug-likeness (QED) is 0.863. The van der Waals surface area contributed by atoms with E-state index in [9.17, 15) is 14.4 Å². The van der Waals surface area contributed by atoms with Crippen LogP contribution in [0.5, 0.6) is 0 Å². The first kappa shape index (κ1) is 19.4. The third kappa shape index (κ3) is 2.72. The Balaban J connectivity index is 2.01. The van der Waals surface area contributed by atoms with Gasteiger partial charge in [0.25, 0.3) is 5.91 Å². The molecular weight excluding hydrogens is 346 g/mol. The molecule has 1 aromatic rings. The minimum Gasteiger partial charge on any atom is -0.382 e. The van der Waals surface area contributed by atoms with Crippen LogP contribution >= 0.6 is 0 Å². The molecule has 1 unspecified atom stereocenters. The molecule has 146 valence electrons. The van der Waals surface area contributed by atoms with Crippen molar-refractivity contribution in [3.8, 4) is 0 Å². The van der Waals surface area contributed by atoms with Crippen molar-refractivity contribution in [2.45, 2.75) is 37.6 Å².